The number of carbonyl (C=O) groups is 2. The average molecular weight is 475 g/mol. The van der Waals surface area contributed by atoms with E-state index in [2.05, 4.69) is 28.2 Å². The van der Waals surface area contributed by atoms with Crippen molar-refractivity contribution in [1.29, 1.82) is 0 Å². The van der Waals surface area contributed by atoms with E-state index in [0.29, 0.717) is 12.3 Å². The molecule has 0 heterocycles. The molecule has 2 atom stereocenters. The lowest BCUT2D eigenvalue weighted by atomic mass is 10.1. The summed E-state index contributed by atoms with van der Waals surface area (Å²) in [4.78, 5) is 27.3. The Bertz CT molecular complexity index is 839. The predicted molar refractivity (Wildman–Crippen MR) is 123 cm³/mol. The summed E-state index contributed by atoms with van der Waals surface area (Å²) in [7, 11) is 0. The number of nitrogens with zero attached hydrogens (tertiary/aromatic N) is 1. The van der Waals surface area contributed by atoms with Crippen molar-refractivity contribution in [2.75, 3.05) is 6.61 Å². The van der Waals surface area contributed by atoms with Crippen LogP contribution in [0.1, 0.15) is 45.2 Å². The van der Waals surface area contributed by atoms with E-state index in [1.807, 2.05) is 62.4 Å². The molecule has 0 unspecified atom stereocenters. The molecule has 2 rings (SSSR count). The molecule has 6 heteroatoms. The van der Waals surface area contributed by atoms with Crippen molar-refractivity contribution < 1.29 is 14.3 Å². The third kappa shape index (κ3) is 7.17. The Hall–Kier alpha value is -2.34. The highest BCUT2D eigenvalue weighted by molar-refractivity contribution is 9.10. The van der Waals surface area contributed by atoms with Crippen LogP contribution < -0.4 is 10.1 Å². The molecule has 0 aliphatic rings. The Balaban J connectivity index is 2.13. The van der Waals surface area contributed by atoms with Crippen LogP contribution in [0.15, 0.2) is 53.0 Å². The molecule has 0 spiro atoms. The molecule has 5 nitrogen and oxygen atoms in total. The fourth-order valence-electron chi connectivity index (χ4n) is 2.93. The minimum atomic E-state index is -0.614. The monoisotopic (exact) mass is 474 g/mol. The minimum absolute atomic E-state index is 0.0519. The van der Waals surface area contributed by atoms with Crippen LogP contribution in [0.3, 0.4) is 0 Å². The zero-order valence-corrected chi connectivity index (χ0v) is 19.7. The maximum atomic E-state index is 13.0. The molecular formula is C24H31BrN2O3. The average Bonchev–Trinajstić information content (AvgIpc) is 2.75. The van der Waals surface area contributed by atoms with Crippen LogP contribution in [0.2, 0.25) is 0 Å². The van der Waals surface area contributed by atoms with Crippen LogP contribution in [0, 0.1) is 0 Å². The second-order valence-corrected chi connectivity index (χ2v) is 8.35. The first-order valence-electron chi connectivity index (χ1n) is 10.4. The number of benzene rings is 2. The van der Waals surface area contributed by atoms with E-state index in [1.54, 1.807) is 11.8 Å². The summed E-state index contributed by atoms with van der Waals surface area (Å²) in [5.41, 5.74) is 2.15. The molecular weight excluding hydrogens is 444 g/mol. The van der Waals surface area contributed by atoms with Crippen LogP contribution in [0.4, 0.5) is 0 Å². The van der Waals surface area contributed by atoms with Crippen molar-refractivity contribution in [2.24, 2.45) is 0 Å². The second-order valence-electron chi connectivity index (χ2n) is 7.43. The smallest absolute Gasteiger partial charge is 0.261 e. The molecule has 0 saturated heterocycles. The zero-order valence-electron chi connectivity index (χ0n) is 18.2. The highest BCUT2D eigenvalue weighted by atomic mass is 79.9. The highest BCUT2D eigenvalue weighted by Gasteiger charge is 2.27. The molecule has 2 aromatic carbocycles. The van der Waals surface area contributed by atoms with E-state index in [9.17, 15) is 9.59 Å². The Morgan fingerprint density at radius 1 is 1.07 bits per heavy atom. The summed E-state index contributed by atoms with van der Waals surface area (Å²) < 4.78 is 6.64. The Morgan fingerprint density at radius 3 is 2.37 bits per heavy atom. The molecule has 0 aliphatic carbocycles. The third-order valence-corrected chi connectivity index (χ3v) is 5.60. The van der Waals surface area contributed by atoms with E-state index in [4.69, 9.17) is 4.74 Å². The molecule has 0 bridgehead atoms. The van der Waals surface area contributed by atoms with Crippen LogP contribution in [0.5, 0.6) is 5.75 Å². The second kappa shape index (κ2) is 11.7. The van der Waals surface area contributed by atoms with Crippen LogP contribution in [-0.2, 0) is 22.6 Å². The fourth-order valence-corrected chi connectivity index (χ4v) is 3.38. The normalized spacial score (nSPS) is 12.7. The summed E-state index contributed by atoms with van der Waals surface area (Å²) >= 11 is 3.46. The van der Waals surface area contributed by atoms with Crippen LogP contribution in [0.25, 0.3) is 0 Å². The van der Waals surface area contributed by atoms with E-state index in [0.717, 1.165) is 22.9 Å². The van der Waals surface area contributed by atoms with Crippen molar-refractivity contribution in [1.82, 2.24) is 10.2 Å². The molecule has 30 heavy (non-hydrogen) atoms. The molecule has 0 radical (unpaired) electrons. The topological polar surface area (TPSA) is 58.6 Å². The summed E-state index contributed by atoms with van der Waals surface area (Å²) in [6, 6.07) is 14.9. The van der Waals surface area contributed by atoms with Gasteiger partial charge in [-0.1, -0.05) is 54.0 Å². The number of nitrogens with one attached hydrogen (secondary N) is 1. The first-order valence-corrected chi connectivity index (χ1v) is 11.2. The number of carbonyl (C=O) groups excluding carboxylic acids is 2. The number of hydrogen-bond acceptors (Lipinski definition) is 3. The SMILES string of the molecule is CCc1ccc(OCC(=O)N(Cc2cccc(Br)c2)[C@@H](C)C(=O)N[C@H](C)CC)cc1. The molecule has 0 saturated carbocycles. The van der Waals surface area contributed by atoms with Gasteiger partial charge in [0.25, 0.3) is 5.91 Å². The number of rotatable bonds is 10. The van der Waals surface area contributed by atoms with Crippen molar-refractivity contribution in [2.45, 2.75) is 59.2 Å². The predicted octanol–water partition coefficient (Wildman–Crippen LogP) is 4.72. The van der Waals surface area contributed by atoms with Gasteiger partial charge < -0.3 is 15.0 Å². The number of halogens is 1. The zero-order chi connectivity index (χ0) is 22.1. The van der Waals surface area contributed by atoms with Gasteiger partial charge in [-0.05, 0) is 62.1 Å². The molecule has 2 aromatic rings. The van der Waals surface area contributed by atoms with Gasteiger partial charge in [-0.25, -0.2) is 0 Å². The maximum Gasteiger partial charge on any atom is 0.261 e. The highest BCUT2D eigenvalue weighted by Crippen LogP contribution is 2.17. The van der Waals surface area contributed by atoms with E-state index >= 15 is 0 Å². The van der Waals surface area contributed by atoms with Gasteiger partial charge in [-0.3, -0.25) is 9.59 Å². The number of aryl methyl sites for hydroxylation is 1. The standard InChI is InChI=1S/C24H31BrN2O3/c1-5-17(3)26-24(29)18(4)27(15-20-8-7-9-21(25)14-20)23(28)16-30-22-12-10-19(6-2)11-13-22/h7-14,17-18H,5-6,15-16H2,1-4H3,(H,26,29)/t17-,18+/m1/s1. The van der Waals surface area contributed by atoms with E-state index in [-0.39, 0.29) is 24.5 Å². The molecule has 162 valence electrons. The quantitative estimate of drug-likeness (QED) is 0.541. The van der Waals surface area contributed by atoms with Crippen molar-refractivity contribution in [3.8, 4) is 5.75 Å². The summed E-state index contributed by atoms with van der Waals surface area (Å²) in [5.74, 6) is 0.237. The lowest BCUT2D eigenvalue weighted by molar-refractivity contribution is -0.142. The molecule has 1 N–H and O–H groups in total. The Morgan fingerprint density at radius 2 is 1.77 bits per heavy atom. The van der Waals surface area contributed by atoms with E-state index < -0.39 is 6.04 Å². The summed E-state index contributed by atoms with van der Waals surface area (Å²) in [6.45, 7) is 8.01. The molecule has 0 aliphatic heterocycles. The van der Waals surface area contributed by atoms with Gasteiger partial charge in [0.1, 0.15) is 11.8 Å². The number of amides is 2. The fraction of sp³-hybridized carbons (Fsp3) is 0.417. The first kappa shape index (κ1) is 23.9. The van der Waals surface area contributed by atoms with Gasteiger partial charge in [0, 0.05) is 17.1 Å². The van der Waals surface area contributed by atoms with Crippen LogP contribution in [-0.4, -0.2) is 35.4 Å². The van der Waals surface area contributed by atoms with Crippen molar-refractivity contribution in [3.63, 3.8) is 0 Å². The Kier molecular flexibility index (Phi) is 9.37. The largest absolute Gasteiger partial charge is 0.484 e. The lowest BCUT2D eigenvalue weighted by Gasteiger charge is -2.29. The van der Waals surface area contributed by atoms with Crippen molar-refractivity contribution >= 4 is 27.7 Å². The summed E-state index contributed by atoms with van der Waals surface area (Å²) in [6.07, 6.45) is 1.78. The van der Waals surface area contributed by atoms with Gasteiger partial charge in [-0.15, -0.1) is 0 Å². The minimum Gasteiger partial charge on any atom is -0.484 e. The lowest BCUT2D eigenvalue weighted by Crippen LogP contribution is -2.50. The number of ether oxygens (including phenoxy) is 1. The van der Waals surface area contributed by atoms with E-state index in [1.165, 1.54) is 5.56 Å². The Labute approximate surface area is 187 Å². The van der Waals surface area contributed by atoms with Gasteiger partial charge in [0.15, 0.2) is 6.61 Å². The van der Waals surface area contributed by atoms with Crippen molar-refractivity contribution in [3.05, 3.63) is 64.1 Å². The van der Waals surface area contributed by atoms with Gasteiger partial charge in [0.05, 0.1) is 0 Å². The van der Waals surface area contributed by atoms with Gasteiger partial charge >= 0.3 is 0 Å². The first-order chi connectivity index (χ1) is 14.3. The van der Waals surface area contributed by atoms with Gasteiger partial charge in [-0.2, -0.15) is 0 Å². The van der Waals surface area contributed by atoms with Crippen LogP contribution >= 0.6 is 15.9 Å². The molecule has 0 aromatic heterocycles. The maximum absolute atomic E-state index is 13.0. The summed E-state index contributed by atoms with van der Waals surface area (Å²) in [5, 5.41) is 2.97. The number of hydrogen-bond donors (Lipinski definition) is 1. The molecule has 0 fully saturated rings. The molecule has 2 amide bonds. The van der Waals surface area contributed by atoms with Gasteiger partial charge in [0.2, 0.25) is 5.91 Å². The third-order valence-electron chi connectivity index (χ3n) is 5.10.